The number of benzene rings is 1. The molecule has 0 saturated heterocycles. The maximum atomic E-state index is 9.60. The molecule has 1 N–H and O–H groups in total. The minimum Gasteiger partial charge on any atom is -0.389 e. The molecule has 1 aromatic carbocycles. The summed E-state index contributed by atoms with van der Waals surface area (Å²) in [6.07, 6.45) is 1.83. The molecule has 7 heteroatoms. The summed E-state index contributed by atoms with van der Waals surface area (Å²) in [5.74, 6) is 0. The van der Waals surface area contributed by atoms with E-state index >= 15 is 0 Å². The molecular weight excluding hydrogens is 328 g/mol. The minimum atomic E-state index is -0.481. The molecule has 1 aliphatic carbocycles. The van der Waals surface area contributed by atoms with E-state index < -0.39 is 6.10 Å². The molecule has 1 atom stereocenters. The normalized spacial score (nSPS) is 16.6. The van der Waals surface area contributed by atoms with Crippen molar-refractivity contribution in [3.8, 4) is 0 Å². The summed E-state index contributed by atoms with van der Waals surface area (Å²) in [5.41, 5.74) is 0.881. The van der Waals surface area contributed by atoms with Gasteiger partial charge in [0.1, 0.15) is 0 Å². The van der Waals surface area contributed by atoms with Crippen molar-refractivity contribution >= 4 is 27.7 Å². The molecule has 1 aliphatic rings. The van der Waals surface area contributed by atoms with Crippen LogP contribution in [0.1, 0.15) is 37.5 Å². The molecule has 1 aromatic heterocycles. The van der Waals surface area contributed by atoms with Crippen LogP contribution in [0.5, 0.6) is 0 Å². The Balaban J connectivity index is 1.83. The van der Waals surface area contributed by atoms with Crippen LogP contribution in [0.3, 0.4) is 0 Å². The predicted molar refractivity (Wildman–Crippen MR) is 75.0 cm³/mol. The van der Waals surface area contributed by atoms with Gasteiger partial charge in [-0.25, -0.2) is 4.68 Å². The molecule has 2 aromatic rings. The molecule has 0 aliphatic heterocycles. The maximum Gasteiger partial charge on any atom is 0.214 e. The lowest BCUT2D eigenvalue weighted by atomic mass is 10.1. The number of aliphatic hydroxyl groups is 1. The summed E-state index contributed by atoms with van der Waals surface area (Å²) < 4.78 is 2.79. The first-order valence-corrected chi connectivity index (χ1v) is 7.69. The second kappa shape index (κ2) is 5.22. The van der Waals surface area contributed by atoms with Crippen molar-refractivity contribution < 1.29 is 5.11 Å². The van der Waals surface area contributed by atoms with Gasteiger partial charge >= 0.3 is 0 Å². The lowest BCUT2D eigenvalue weighted by molar-refractivity contribution is 0.198. The Morgan fingerprint density at radius 1 is 1.47 bits per heavy atom. The van der Waals surface area contributed by atoms with E-state index in [4.69, 9.17) is 0 Å². The van der Waals surface area contributed by atoms with Crippen LogP contribution in [0.2, 0.25) is 0 Å². The monoisotopic (exact) mass is 340 g/mol. The van der Waals surface area contributed by atoms with E-state index in [1.165, 1.54) is 11.8 Å². The predicted octanol–water partition coefficient (Wildman–Crippen LogP) is 2.98. The number of rotatable bonds is 4. The van der Waals surface area contributed by atoms with Gasteiger partial charge in [-0.1, -0.05) is 22.0 Å². The molecule has 0 spiro atoms. The van der Waals surface area contributed by atoms with Crippen molar-refractivity contribution in [3.63, 3.8) is 0 Å². The molecule has 100 valence electrons. The Hall–Kier alpha value is -0.920. The first kappa shape index (κ1) is 13.1. The fourth-order valence-corrected chi connectivity index (χ4v) is 3.56. The number of aliphatic hydroxyl groups excluding tert-OH is 1. The molecular formula is C12H13BrN4OS. The highest BCUT2D eigenvalue weighted by molar-refractivity contribution is 9.10. The highest BCUT2D eigenvalue weighted by Crippen LogP contribution is 2.38. The third kappa shape index (κ3) is 2.82. The van der Waals surface area contributed by atoms with Crippen LogP contribution in [0.4, 0.5) is 0 Å². The molecule has 0 amide bonds. The van der Waals surface area contributed by atoms with Gasteiger partial charge in [0.15, 0.2) is 0 Å². The number of halogens is 1. The third-order valence-electron chi connectivity index (χ3n) is 2.99. The topological polar surface area (TPSA) is 63.8 Å². The van der Waals surface area contributed by atoms with Gasteiger partial charge in [0.05, 0.1) is 12.1 Å². The Kier molecular flexibility index (Phi) is 3.60. The van der Waals surface area contributed by atoms with Crippen molar-refractivity contribution in [2.24, 2.45) is 0 Å². The molecule has 1 fully saturated rings. The van der Waals surface area contributed by atoms with Crippen LogP contribution in [-0.2, 0) is 0 Å². The zero-order valence-electron chi connectivity index (χ0n) is 10.3. The van der Waals surface area contributed by atoms with Gasteiger partial charge in [0.2, 0.25) is 5.16 Å². The van der Waals surface area contributed by atoms with Crippen molar-refractivity contribution in [1.82, 2.24) is 20.2 Å². The van der Waals surface area contributed by atoms with Crippen LogP contribution in [0.15, 0.2) is 32.7 Å². The van der Waals surface area contributed by atoms with Gasteiger partial charge < -0.3 is 5.11 Å². The van der Waals surface area contributed by atoms with E-state index in [0.29, 0.717) is 6.04 Å². The second-order valence-electron chi connectivity index (χ2n) is 4.60. The highest BCUT2D eigenvalue weighted by atomic mass is 79.9. The van der Waals surface area contributed by atoms with E-state index in [1.807, 2.05) is 22.9 Å². The fraction of sp³-hybridized carbons (Fsp3) is 0.417. The zero-order chi connectivity index (χ0) is 13.4. The molecule has 0 radical (unpaired) electrons. The van der Waals surface area contributed by atoms with E-state index in [-0.39, 0.29) is 0 Å². The summed E-state index contributed by atoms with van der Waals surface area (Å²) >= 11 is 5.02. The first-order valence-electron chi connectivity index (χ1n) is 6.08. The van der Waals surface area contributed by atoms with Gasteiger partial charge in [0, 0.05) is 9.37 Å². The van der Waals surface area contributed by atoms with Crippen molar-refractivity contribution in [1.29, 1.82) is 0 Å². The maximum absolute atomic E-state index is 9.60. The molecule has 0 bridgehead atoms. The summed E-state index contributed by atoms with van der Waals surface area (Å²) in [4.78, 5) is 1.05. The Bertz CT molecular complexity index is 597. The lowest BCUT2D eigenvalue weighted by Gasteiger charge is -2.09. The summed E-state index contributed by atoms with van der Waals surface area (Å²) in [7, 11) is 0. The third-order valence-corrected chi connectivity index (χ3v) is 4.61. The van der Waals surface area contributed by atoms with Gasteiger partial charge in [-0.05, 0) is 59.7 Å². The first-order chi connectivity index (χ1) is 9.15. The largest absolute Gasteiger partial charge is 0.389 e. The van der Waals surface area contributed by atoms with E-state index in [0.717, 1.165) is 32.9 Å². The fourth-order valence-electron chi connectivity index (χ4n) is 1.82. The molecule has 0 unspecified atom stereocenters. The molecule has 3 rings (SSSR count). The van der Waals surface area contributed by atoms with Crippen molar-refractivity contribution in [2.45, 2.75) is 42.0 Å². The minimum absolute atomic E-state index is 0.470. The summed E-state index contributed by atoms with van der Waals surface area (Å²) in [6.45, 7) is 1.75. The molecule has 19 heavy (non-hydrogen) atoms. The summed E-state index contributed by atoms with van der Waals surface area (Å²) in [5, 5.41) is 22.2. The zero-order valence-corrected chi connectivity index (χ0v) is 12.7. The SMILES string of the molecule is C[C@@H](O)c1ccc(Sc2nnnn2C2CC2)cc1Br. The second-order valence-corrected chi connectivity index (χ2v) is 6.49. The Morgan fingerprint density at radius 2 is 2.26 bits per heavy atom. The van der Waals surface area contributed by atoms with Gasteiger partial charge in [-0.3, -0.25) is 0 Å². The van der Waals surface area contributed by atoms with Crippen LogP contribution in [0, 0.1) is 0 Å². The molecule has 5 nitrogen and oxygen atoms in total. The van der Waals surface area contributed by atoms with E-state index in [2.05, 4.69) is 31.5 Å². The molecule has 1 saturated carbocycles. The standard InChI is InChI=1S/C12H13BrN4OS/c1-7(18)10-5-4-9(6-11(10)13)19-12-14-15-16-17(12)8-2-3-8/h4-8,18H,2-3H2,1H3/t7-/m1/s1. The number of tetrazole rings is 1. The van der Waals surface area contributed by atoms with Gasteiger partial charge in [-0.15, -0.1) is 5.10 Å². The van der Waals surface area contributed by atoms with Crippen LogP contribution in [0.25, 0.3) is 0 Å². The van der Waals surface area contributed by atoms with Crippen LogP contribution >= 0.6 is 27.7 Å². The summed E-state index contributed by atoms with van der Waals surface area (Å²) in [6, 6.07) is 6.35. The average molecular weight is 341 g/mol. The van der Waals surface area contributed by atoms with E-state index in [1.54, 1.807) is 6.92 Å². The number of aromatic nitrogens is 4. The average Bonchev–Trinajstić information content (AvgIpc) is 3.10. The highest BCUT2D eigenvalue weighted by Gasteiger charge is 2.28. The van der Waals surface area contributed by atoms with Crippen molar-refractivity contribution in [2.75, 3.05) is 0 Å². The van der Waals surface area contributed by atoms with Crippen molar-refractivity contribution in [3.05, 3.63) is 28.2 Å². The Morgan fingerprint density at radius 3 is 2.89 bits per heavy atom. The number of hydrogen-bond acceptors (Lipinski definition) is 5. The Labute approximate surface area is 123 Å². The number of hydrogen-bond donors (Lipinski definition) is 1. The molecule has 1 heterocycles. The van der Waals surface area contributed by atoms with Gasteiger partial charge in [0.25, 0.3) is 0 Å². The van der Waals surface area contributed by atoms with Crippen LogP contribution < -0.4 is 0 Å². The lowest BCUT2D eigenvalue weighted by Crippen LogP contribution is -1.98. The number of nitrogens with zero attached hydrogens (tertiary/aromatic N) is 4. The quantitative estimate of drug-likeness (QED) is 0.926. The van der Waals surface area contributed by atoms with Gasteiger partial charge in [-0.2, -0.15) is 0 Å². The van der Waals surface area contributed by atoms with E-state index in [9.17, 15) is 5.11 Å². The van der Waals surface area contributed by atoms with Crippen LogP contribution in [-0.4, -0.2) is 25.3 Å². The smallest absolute Gasteiger partial charge is 0.214 e.